The molecule has 3 aromatic rings. The Kier molecular flexibility index (Phi) is 2.82. The van der Waals surface area contributed by atoms with E-state index in [9.17, 15) is 4.79 Å². The van der Waals surface area contributed by atoms with Crippen LogP contribution in [-0.2, 0) is 4.79 Å². The van der Waals surface area contributed by atoms with E-state index in [0.717, 1.165) is 27.7 Å². The molecule has 0 saturated carbocycles. The quantitative estimate of drug-likeness (QED) is 0.760. The topological polar surface area (TPSA) is 79.9 Å². The summed E-state index contributed by atoms with van der Waals surface area (Å²) in [6, 6.07) is 7.79. The third-order valence-corrected chi connectivity index (χ3v) is 4.06. The van der Waals surface area contributed by atoms with Crippen molar-refractivity contribution in [3.8, 4) is 5.88 Å². The van der Waals surface area contributed by atoms with E-state index in [-0.39, 0.29) is 11.8 Å². The Hall–Kier alpha value is -2.89. The lowest BCUT2D eigenvalue weighted by atomic mass is 9.85. The van der Waals surface area contributed by atoms with E-state index in [1.807, 2.05) is 24.3 Å². The van der Waals surface area contributed by atoms with Crippen LogP contribution >= 0.6 is 0 Å². The van der Waals surface area contributed by atoms with E-state index in [4.69, 9.17) is 4.74 Å². The van der Waals surface area contributed by atoms with Gasteiger partial charge in [-0.15, -0.1) is 0 Å². The molecule has 0 aliphatic carbocycles. The highest BCUT2D eigenvalue weighted by Gasteiger charge is 2.28. The van der Waals surface area contributed by atoms with Crippen LogP contribution in [0.1, 0.15) is 23.5 Å². The van der Waals surface area contributed by atoms with Crippen LogP contribution in [0.5, 0.6) is 5.88 Å². The summed E-state index contributed by atoms with van der Waals surface area (Å²) in [4.78, 5) is 16.4. The van der Waals surface area contributed by atoms with Crippen LogP contribution in [0.25, 0.3) is 10.9 Å². The zero-order valence-corrected chi connectivity index (χ0v) is 12.0. The van der Waals surface area contributed by atoms with Crippen molar-refractivity contribution < 1.29 is 9.53 Å². The number of aromatic amines is 1. The molecular weight excluding hydrogens is 280 g/mol. The van der Waals surface area contributed by atoms with E-state index < -0.39 is 0 Å². The van der Waals surface area contributed by atoms with Gasteiger partial charge >= 0.3 is 0 Å². The number of carbonyl (C=O) groups is 1. The van der Waals surface area contributed by atoms with Gasteiger partial charge in [0.05, 0.1) is 24.5 Å². The normalized spacial score (nSPS) is 17.1. The number of aromatic nitrogens is 3. The maximum absolute atomic E-state index is 12.1. The number of hydrogen-bond acceptors (Lipinski definition) is 4. The molecule has 3 heterocycles. The fraction of sp³-hybridized carbons (Fsp3) is 0.188. The van der Waals surface area contributed by atoms with Crippen LogP contribution in [0.4, 0.5) is 5.69 Å². The van der Waals surface area contributed by atoms with Crippen molar-refractivity contribution >= 4 is 22.5 Å². The van der Waals surface area contributed by atoms with Crippen LogP contribution in [0.15, 0.2) is 36.7 Å². The average Bonchev–Trinajstić information content (AvgIpc) is 3.03. The molecule has 6 nitrogen and oxygen atoms in total. The van der Waals surface area contributed by atoms with E-state index >= 15 is 0 Å². The highest BCUT2D eigenvalue weighted by Crippen LogP contribution is 2.40. The molecule has 2 N–H and O–H groups in total. The predicted octanol–water partition coefficient (Wildman–Crippen LogP) is 2.44. The number of amides is 1. The number of pyridine rings is 1. The largest absolute Gasteiger partial charge is 0.481 e. The van der Waals surface area contributed by atoms with Crippen LogP contribution in [0, 0.1) is 0 Å². The maximum atomic E-state index is 12.1. The molecule has 1 aliphatic heterocycles. The number of benzene rings is 1. The number of rotatable bonds is 2. The smallest absolute Gasteiger partial charge is 0.225 e. The van der Waals surface area contributed by atoms with Crippen molar-refractivity contribution in [3.05, 3.63) is 47.8 Å². The number of carbonyl (C=O) groups excluding carboxylic acids is 1. The second-order valence-electron chi connectivity index (χ2n) is 5.30. The summed E-state index contributed by atoms with van der Waals surface area (Å²) in [5, 5.41) is 10.9. The molecule has 0 radical (unpaired) electrons. The van der Waals surface area contributed by atoms with Gasteiger partial charge < -0.3 is 10.1 Å². The third-order valence-electron chi connectivity index (χ3n) is 4.06. The van der Waals surface area contributed by atoms with Crippen molar-refractivity contribution in [1.29, 1.82) is 0 Å². The first-order chi connectivity index (χ1) is 10.8. The number of ether oxygens (including phenoxy) is 1. The van der Waals surface area contributed by atoms with Gasteiger partial charge in [0.1, 0.15) is 0 Å². The number of methoxy groups -OCH3 is 1. The van der Waals surface area contributed by atoms with Crippen molar-refractivity contribution in [2.75, 3.05) is 12.4 Å². The zero-order valence-electron chi connectivity index (χ0n) is 12.0. The molecule has 1 aliphatic rings. The van der Waals surface area contributed by atoms with Crippen LogP contribution in [0.3, 0.4) is 0 Å². The molecule has 1 amide bonds. The maximum Gasteiger partial charge on any atom is 0.225 e. The zero-order chi connectivity index (χ0) is 15.1. The number of nitrogens with zero attached hydrogens (tertiary/aromatic N) is 2. The fourth-order valence-corrected chi connectivity index (χ4v) is 2.97. The first-order valence-electron chi connectivity index (χ1n) is 7.02. The summed E-state index contributed by atoms with van der Waals surface area (Å²) < 4.78 is 5.09. The van der Waals surface area contributed by atoms with Crippen LogP contribution < -0.4 is 10.1 Å². The summed E-state index contributed by atoms with van der Waals surface area (Å²) in [7, 11) is 1.58. The molecule has 4 rings (SSSR count). The average molecular weight is 294 g/mol. The van der Waals surface area contributed by atoms with Crippen LogP contribution in [-0.4, -0.2) is 28.2 Å². The van der Waals surface area contributed by atoms with E-state index in [1.165, 1.54) is 0 Å². The molecule has 1 unspecified atom stereocenters. The van der Waals surface area contributed by atoms with E-state index in [0.29, 0.717) is 12.3 Å². The lowest BCUT2D eigenvalue weighted by molar-refractivity contribution is -0.116. The van der Waals surface area contributed by atoms with Crippen molar-refractivity contribution in [2.24, 2.45) is 0 Å². The SMILES string of the molecule is COc1ccc(C2CC(=O)Nc3c2ccc2[nH]ncc32)cn1. The molecule has 1 atom stereocenters. The Morgan fingerprint density at radius 3 is 2.91 bits per heavy atom. The lowest BCUT2D eigenvalue weighted by Gasteiger charge is -2.26. The first-order valence-corrected chi connectivity index (χ1v) is 7.02. The number of H-pyrrole nitrogens is 1. The minimum Gasteiger partial charge on any atom is -0.481 e. The number of hydrogen-bond donors (Lipinski definition) is 2. The second kappa shape index (κ2) is 4.84. The van der Waals surface area contributed by atoms with Crippen molar-refractivity contribution in [2.45, 2.75) is 12.3 Å². The van der Waals surface area contributed by atoms with Gasteiger partial charge in [0, 0.05) is 30.0 Å². The van der Waals surface area contributed by atoms with E-state index in [2.05, 4.69) is 20.5 Å². The highest BCUT2D eigenvalue weighted by atomic mass is 16.5. The minimum absolute atomic E-state index is 0.00187. The van der Waals surface area contributed by atoms with Gasteiger partial charge in [0.15, 0.2) is 0 Å². The minimum atomic E-state index is -0.0125. The molecule has 2 aromatic heterocycles. The van der Waals surface area contributed by atoms with Crippen molar-refractivity contribution in [1.82, 2.24) is 15.2 Å². The van der Waals surface area contributed by atoms with Crippen LogP contribution in [0.2, 0.25) is 0 Å². The Bertz CT molecular complexity index is 854. The first kappa shape index (κ1) is 12.8. The molecule has 1 aromatic carbocycles. The fourth-order valence-electron chi connectivity index (χ4n) is 2.97. The van der Waals surface area contributed by atoms with Crippen molar-refractivity contribution in [3.63, 3.8) is 0 Å². The molecule has 22 heavy (non-hydrogen) atoms. The van der Waals surface area contributed by atoms with Gasteiger partial charge in [0.25, 0.3) is 0 Å². The second-order valence-corrected chi connectivity index (χ2v) is 5.30. The predicted molar refractivity (Wildman–Crippen MR) is 82.0 cm³/mol. The molecular formula is C16H14N4O2. The lowest BCUT2D eigenvalue weighted by Crippen LogP contribution is -2.23. The Balaban J connectivity index is 1.86. The Labute approximate surface area is 126 Å². The monoisotopic (exact) mass is 294 g/mol. The number of nitrogens with one attached hydrogen (secondary N) is 2. The molecule has 0 bridgehead atoms. The molecule has 110 valence electrons. The van der Waals surface area contributed by atoms with Gasteiger partial charge in [-0.1, -0.05) is 12.1 Å². The van der Waals surface area contributed by atoms with Gasteiger partial charge in [0.2, 0.25) is 11.8 Å². The third kappa shape index (κ3) is 1.92. The molecule has 0 fully saturated rings. The molecule has 0 saturated heterocycles. The van der Waals surface area contributed by atoms with Gasteiger partial charge in [-0.25, -0.2) is 4.98 Å². The standard InChI is InChI=1S/C16H14N4O2/c1-22-15-5-2-9(7-17-15)11-6-14(21)19-16-10(11)3-4-13-12(16)8-18-20-13/h2-5,7-8,11H,6H2,1H3,(H,18,20)(H,19,21). The molecule has 0 spiro atoms. The summed E-state index contributed by atoms with van der Waals surface area (Å²) in [5.74, 6) is 0.554. The number of fused-ring (bicyclic) bond motifs is 3. The summed E-state index contributed by atoms with van der Waals surface area (Å²) in [5.41, 5.74) is 3.83. The summed E-state index contributed by atoms with van der Waals surface area (Å²) in [6.45, 7) is 0. The summed E-state index contributed by atoms with van der Waals surface area (Å²) in [6.07, 6.45) is 3.92. The molecule has 6 heteroatoms. The highest BCUT2D eigenvalue weighted by molar-refractivity contribution is 6.05. The number of anilines is 1. The van der Waals surface area contributed by atoms with Gasteiger partial charge in [-0.05, 0) is 17.2 Å². The Morgan fingerprint density at radius 2 is 2.14 bits per heavy atom. The summed E-state index contributed by atoms with van der Waals surface area (Å²) >= 11 is 0. The van der Waals surface area contributed by atoms with E-state index in [1.54, 1.807) is 19.5 Å². The van der Waals surface area contributed by atoms with Gasteiger partial charge in [-0.2, -0.15) is 5.10 Å². The van der Waals surface area contributed by atoms with Gasteiger partial charge in [-0.3, -0.25) is 9.89 Å². The Morgan fingerprint density at radius 1 is 1.23 bits per heavy atom.